The maximum Gasteiger partial charge on any atom is 0.318 e. The summed E-state index contributed by atoms with van der Waals surface area (Å²) in [6.45, 7) is 1.88. The average molecular weight is 444 g/mol. The third-order valence-corrected chi connectivity index (χ3v) is 6.47. The van der Waals surface area contributed by atoms with Gasteiger partial charge in [0.2, 0.25) is 5.91 Å². The van der Waals surface area contributed by atoms with E-state index in [1.165, 1.54) is 6.42 Å². The molecule has 0 spiro atoms. The van der Waals surface area contributed by atoms with Gasteiger partial charge in [-0.2, -0.15) is 0 Å². The molecule has 168 valence electrons. The molecule has 0 aliphatic heterocycles. The monoisotopic (exact) mass is 443 g/mol. The number of hydrogen-bond donors (Lipinski definition) is 1. The number of rotatable bonds is 10. The number of carbonyl (C=O) groups is 2. The quantitative estimate of drug-likeness (QED) is 0.597. The molecule has 0 unspecified atom stereocenters. The molecule has 6 nitrogen and oxygen atoms in total. The molecule has 2 aromatic rings. The Morgan fingerprint density at radius 1 is 1.03 bits per heavy atom. The fraction of sp³-hybridized carbons (Fsp3) is 0.500. The molecule has 1 N–H and O–H groups in total. The van der Waals surface area contributed by atoms with Gasteiger partial charge in [-0.05, 0) is 29.9 Å². The van der Waals surface area contributed by atoms with Gasteiger partial charge in [-0.3, -0.25) is 4.79 Å². The number of carbonyl (C=O) groups excluding carboxylic acids is 2. The Kier molecular flexibility index (Phi) is 9.37. The number of thiophene rings is 1. The van der Waals surface area contributed by atoms with Crippen LogP contribution >= 0.6 is 11.3 Å². The molecular weight excluding hydrogens is 410 g/mol. The highest BCUT2D eigenvalue weighted by Gasteiger charge is 2.24. The summed E-state index contributed by atoms with van der Waals surface area (Å²) < 4.78 is 5.19. The lowest BCUT2D eigenvalue weighted by Gasteiger charge is -2.30. The number of hydrogen-bond acceptors (Lipinski definition) is 4. The van der Waals surface area contributed by atoms with Crippen LogP contribution in [0.25, 0.3) is 0 Å². The van der Waals surface area contributed by atoms with Crippen molar-refractivity contribution in [1.82, 2.24) is 15.1 Å². The number of ether oxygens (including phenoxy) is 1. The molecule has 1 aromatic heterocycles. The van der Waals surface area contributed by atoms with Crippen LogP contribution in [0.3, 0.4) is 0 Å². The topological polar surface area (TPSA) is 61.9 Å². The largest absolute Gasteiger partial charge is 0.383 e. The number of nitrogens with zero attached hydrogens (tertiary/aromatic N) is 2. The standard InChI is InChI=1S/C24H33N3O3S/c1-30-15-14-26(24(29)25-21-11-6-3-7-12-21)19-23(28)27(18-22-13-8-16-31-22)17-20-9-4-2-5-10-20/h2,4-5,8-10,13,16,21H,3,6-7,11-12,14-15,17-19H2,1H3,(H,25,29). The van der Waals surface area contributed by atoms with Gasteiger partial charge in [0.05, 0.1) is 13.2 Å². The number of amides is 3. The van der Waals surface area contributed by atoms with E-state index >= 15 is 0 Å². The summed E-state index contributed by atoms with van der Waals surface area (Å²) in [6, 6.07) is 14.0. The summed E-state index contributed by atoms with van der Waals surface area (Å²) in [7, 11) is 1.61. The minimum atomic E-state index is -0.173. The third kappa shape index (κ3) is 7.67. The summed E-state index contributed by atoms with van der Waals surface area (Å²) in [4.78, 5) is 30.8. The Balaban J connectivity index is 1.67. The highest BCUT2D eigenvalue weighted by molar-refractivity contribution is 7.09. The molecule has 3 amide bonds. The van der Waals surface area contributed by atoms with E-state index in [-0.39, 0.29) is 24.5 Å². The fourth-order valence-electron chi connectivity index (χ4n) is 3.86. The molecular formula is C24H33N3O3S. The molecule has 1 aliphatic rings. The molecule has 31 heavy (non-hydrogen) atoms. The van der Waals surface area contributed by atoms with E-state index in [1.54, 1.807) is 23.3 Å². The second-order valence-electron chi connectivity index (χ2n) is 8.01. The summed E-state index contributed by atoms with van der Waals surface area (Å²) in [5.74, 6) is -0.0628. The molecule has 1 aliphatic carbocycles. The molecule has 0 radical (unpaired) electrons. The second-order valence-corrected chi connectivity index (χ2v) is 9.05. The molecule has 7 heteroatoms. The zero-order valence-electron chi connectivity index (χ0n) is 18.3. The van der Waals surface area contributed by atoms with Gasteiger partial charge in [-0.25, -0.2) is 4.79 Å². The first-order valence-corrected chi connectivity index (χ1v) is 11.9. The van der Waals surface area contributed by atoms with Gasteiger partial charge in [0, 0.05) is 31.1 Å². The summed E-state index contributed by atoms with van der Waals surface area (Å²) in [6.07, 6.45) is 5.54. The SMILES string of the molecule is COCCN(CC(=O)N(Cc1ccccc1)Cc1cccs1)C(=O)NC1CCCCC1. The van der Waals surface area contributed by atoms with Crippen LogP contribution in [-0.4, -0.2) is 54.6 Å². The summed E-state index contributed by atoms with van der Waals surface area (Å²) in [5, 5.41) is 5.15. The van der Waals surface area contributed by atoms with E-state index in [1.807, 2.05) is 52.7 Å². The first kappa shape index (κ1) is 23.3. The molecule has 1 aromatic carbocycles. The van der Waals surface area contributed by atoms with E-state index in [0.717, 1.165) is 36.1 Å². The zero-order valence-corrected chi connectivity index (χ0v) is 19.1. The van der Waals surface area contributed by atoms with Crippen LogP contribution in [0.1, 0.15) is 42.5 Å². The van der Waals surface area contributed by atoms with Crippen LogP contribution in [0.2, 0.25) is 0 Å². The van der Waals surface area contributed by atoms with Gasteiger partial charge in [-0.15, -0.1) is 11.3 Å². The Labute approximate surface area is 189 Å². The van der Waals surface area contributed by atoms with Crippen LogP contribution in [0.5, 0.6) is 0 Å². The van der Waals surface area contributed by atoms with Gasteiger partial charge in [0.1, 0.15) is 6.54 Å². The first-order chi connectivity index (χ1) is 15.2. The van der Waals surface area contributed by atoms with Crippen LogP contribution < -0.4 is 5.32 Å². The first-order valence-electron chi connectivity index (χ1n) is 11.0. The Hall–Kier alpha value is -2.38. The molecule has 0 atom stereocenters. The van der Waals surface area contributed by atoms with Crippen molar-refractivity contribution in [1.29, 1.82) is 0 Å². The Bertz CT molecular complexity index is 792. The van der Waals surface area contributed by atoms with Crippen LogP contribution in [0.4, 0.5) is 4.79 Å². The summed E-state index contributed by atoms with van der Waals surface area (Å²) in [5.41, 5.74) is 1.07. The second kappa shape index (κ2) is 12.5. The lowest BCUT2D eigenvalue weighted by molar-refractivity contribution is -0.133. The number of methoxy groups -OCH3 is 1. The number of nitrogens with one attached hydrogen (secondary N) is 1. The normalized spacial score (nSPS) is 14.2. The van der Waals surface area contributed by atoms with E-state index in [2.05, 4.69) is 5.32 Å². The zero-order chi connectivity index (χ0) is 21.9. The molecule has 1 saturated carbocycles. The predicted molar refractivity (Wildman–Crippen MR) is 124 cm³/mol. The van der Waals surface area contributed by atoms with Gasteiger partial charge >= 0.3 is 6.03 Å². The third-order valence-electron chi connectivity index (χ3n) is 5.61. The number of urea groups is 1. The van der Waals surface area contributed by atoms with Crippen molar-refractivity contribution < 1.29 is 14.3 Å². The maximum absolute atomic E-state index is 13.3. The van der Waals surface area contributed by atoms with E-state index in [0.29, 0.717) is 26.2 Å². The lowest BCUT2D eigenvalue weighted by Crippen LogP contribution is -2.50. The maximum atomic E-state index is 13.3. The summed E-state index contributed by atoms with van der Waals surface area (Å²) >= 11 is 1.63. The van der Waals surface area contributed by atoms with Crippen molar-refractivity contribution in [2.24, 2.45) is 0 Å². The van der Waals surface area contributed by atoms with Gasteiger partial charge in [-0.1, -0.05) is 55.7 Å². The van der Waals surface area contributed by atoms with E-state index in [9.17, 15) is 9.59 Å². The minimum Gasteiger partial charge on any atom is -0.383 e. The molecule has 0 saturated heterocycles. The number of benzene rings is 1. The van der Waals surface area contributed by atoms with Gasteiger partial charge < -0.3 is 19.9 Å². The van der Waals surface area contributed by atoms with Gasteiger partial charge in [0.25, 0.3) is 0 Å². The minimum absolute atomic E-state index is 0.0418. The van der Waals surface area contributed by atoms with E-state index in [4.69, 9.17) is 4.74 Å². The van der Waals surface area contributed by atoms with Crippen LogP contribution in [0, 0.1) is 0 Å². The lowest BCUT2D eigenvalue weighted by atomic mass is 9.96. The van der Waals surface area contributed by atoms with Crippen molar-refractivity contribution in [3.63, 3.8) is 0 Å². The van der Waals surface area contributed by atoms with Crippen LogP contribution in [-0.2, 0) is 22.6 Å². The van der Waals surface area contributed by atoms with Crippen molar-refractivity contribution in [3.05, 3.63) is 58.3 Å². The van der Waals surface area contributed by atoms with Crippen molar-refractivity contribution >= 4 is 23.3 Å². The van der Waals surface area contributed by atoms with Crippen LogP contribution in [0.15, 0.2) is 47.8 Å². The predicted octanol–water partition coefficient (Wildman–Crippen LogP) is 4.27. The smallest absolute Gasteiger partial charge is 0.318 e. The molecule has 3 rings (SSSR count). The fourth-order valence-corrected chi connectivity index (χ4v) is 4.58. The molecule has 1 heterocycles. The highest BCUT2D eigenvalue weighted by atomic mass is 32.1. The Morgan fingerprint density at radius 2 is 1.81 bits per heavy atom. The Morgan fingerprint density at radius 3 is 2.48 bits per heavy atom. The van der Waals surface area contributed by atoms with Crippen molar-refractivity contribution in [3.8, 4) is 0 Å². The van der Waals surface area contributed by atoms with Crippen molar-refractivity contribution in [2.75, 3.05) is 26.8 Å². The van der Waals surface area contributed by atoms with Gasteiger partial charge in [0.15, 0.2) is 0 Å². The highest BCUT2D eigenvalue weighted by Crippen LogP contribution is 2.18. The molecule has 0 bridgehead atoms. The van der Waals surface area contributed by atoms with Crippen molar-refractivity contribution in [2.45, 2.75) is 51.2 Å². The molecule has 1 fully saturated rings. The van der Waals surface area contributed by atoms with E-state index < -0.39 is 0 Å². The average Bonchev–Trinajstić information content (AvgIpc) is 3.30.